The number of aliphatic hydroxyl groups is 1. The zero-order chi connectivity index (χ0) is 13.2. The highest BCUT2D eigenvalue weighted by atomic mass is 79.9. The van der Waals surface area contributed by atoms with Gasteiger partial charge < -0.3 is 5.11 Å². The molecule has 0 radical (unpaired) electrons. The van der Waals surface area contributed by atoms with Crippen molar-refractivity contribution in [2.24, 2.45) is 0 Å². The van der Waals surface area contributed by atoms with Crippen molar-refractivity contribution in [1.29, 1.82) is 0 Å². The van der Waals surface area contributed by atoms with Gasteiger partial charge in [0.2, 0.25) is 15.0 Å². The number of benzene rings is 1. The molecule has 1 aromatic carbocycles. The van der Waals surface area contributed by atoms with E-state index in [2.05, 4.69) is 20.9 Å². The van der Waals surface area contributed by atoms with Gasteiger partial charge in [-0.05, 0) is 24.3 Å². The first-order valence-electron chi connectivity index (χ1n) is 5.17. The first-order valence-corrected chi connectivity index (χ1v) is 7.62. The van der Waals surface area contributed by atoms with Gasteiger partial charge in [0.05, 0.1) is 12.4 Å². The SMILES string of the molecule is O=S(=O)(CCO)c1nccn1-c1ccc(Br)cc1. The highest BCUT2D eigenvalue weighted by molar-refractivity contribution is 9.10. The molecule has 96 valence electrons. The van der Waals surface area contributed by atoms with Crippen LogP contribution < -0.4 is 0 Å². The summed E-state index contributed by atoms with van der Waals surface area (Å²) in [4.78, 5) is 3.86. The van der Waals surface area contributed by atoms with Crippen LogP contribution in [0.5, 0.6) is 0 Å². The Bertz CT molecular complexity index is 635. The van der Waals surface area contributed by atoms with Crippen LogP contribution >= 0.6 is 15.9 Å². The number of nitrogens with zero attached hydrogens (tertiary/aromatic N) is 2. The normalized spacial score (nSPS) is 11.7. The average molecular weight is 331 g/mol. The molecular formula is C11H11BrN2O3S. The van der Waals surface area contributed by atoms with E-state index in [1.165, 1.54) is 10.8 Å². The Kier molecular flexibility index (Phi) is 3.84. The number of aliphatic hydroxyl groups excluding tert-OH is 1. The fourth-order valence-corrected chi connectivity index (χ4v) is 2.90. The van der Waals surface area contributed by atoms with Crippen molar-refractivity contribution < 1.29 is 13.5 Å². The minimum Gasteiger partial charge on any atom is -0.395 e. The maximum Gasteiger partial charge on any atom is 0.232 e. The highest BCUT2D eigenvalue weighted by Gasteiger charge is 2.20. The molecule has 1 N–H and O–H groups in total. The molecule has 1 heterocycles. The van der Waals surface area contributed by atoms with Crippen molar-refractivity contribution in [2.45, 2.75) is 5.16 Å². The number of hydrogen-bond acceptors (Lipinski definition) is 4. The van der Waals surface area contributed by atoms with Crippen LogP contribution in [0.15, 0.2) is 46.3 Å². The predicted octanol–water partition coefficient (Wildman–Crippen LogP) is 1.40. The molecular weight excluding hydrogens is 320 g/mol. The van der Waals surface area contributed by atoms with Crippen LogP contribution in [0.3, 0.4) is 0 Å². The molecule has 0 fully saturated rings. The summed E-state index contributed by atoms with van der Waals surface area (Å²) >= 11 is 3.32. The fourth-order valence-electron chi connectivity index (χ4n) is 1.53. The molecule has 0 aliphatic carbocycles. The summed E-state index contributed by atoms with van der Waals surface area (Å²) in [7, 11) is -3.57. The molecule has 0 bridgehead atoms. The molecule has 0 aliphatic rings. The highest BCUT2D eigenvalue weighted by Crippen LogP contribution is 2.18. The molecule has 1 aromatic heterocycles. The van der Waals surface area contributed by atoms with E-state index < -0.39 is 16.4 Å². The van der Waals surface area contributed by atoms with Gasteiger partial charge in [-0.15, -0.1) is 0 Å². The average Bonchev–Trinajstić information content (AvgIpc) is 2.79. The molecule has 2 aromatic rings. The molecule has 2 rings (SSSR count). The molecule has 0 atom stereocenters. The maximum atomic E-state index is 11.9. The van der Waals surface area contributed by atoms with E-state index in [1.807, 2.05) is 12.1 Å². The Balaban J connectivity index is 2.48. The molecule has 0 saturated carbocycles. The number of hydrogen-bond donors (Lipinski definition) is 1. The summed E-state index contributed by atoms with van der Waals surface area (Å²) in [5.41, 5.74) is 0.701. The fraction of sp³-hybridized carbons (Fsp3) is 0.182. The second-order valence-corrected chi connectivity index (χ2v) is 6.52. The summed E-state index contributed by atoms with van der Waals surface area (Å²) in [6.07, 6.45) is 3.00. The standard InChI is InChI=1S/C11H11BrN2O3S/c12-9-1-3-10(4-2-9)14-6-5-13-11(14)18(16,17)8-7-15/h1-6,15H,7-8H2. The molecule has 0 amide bonds. The van der Waals surface area contributed by atoms with Crippen molar-refractivity contribution in [3.8, 4) is 5.69 Å². The van der Waals surface area contributed by atoms with Crippen LogP contribution in [0.4, 0.5) is 0 Å². The lowest BCUT2D eigenvalue weighted by atomic mass is 10.3. The lowest BCUT2D eigenvalue weighted by Crippen LogP contribution is -2.15. The number of aromatic nitrogens is 2. The number of rotatable bonds is 4. The van der Waals surface area contributed by atoms with Crippen molar-refractivity contribution in [3.63, 3.8) is 0 Å². The molecule has 0 unspecified atom stereocenters. The predicted molar refractivity (Wildman–Crippen MR) is 70.4 cm³/mol. The second kappa shape index (κ2) is 5.21. The lowest BCUT2D eigenvalue weighted by molar-refractivity contribution is 0.319. The molecule has 0 spiro atoms. The van der Waals surface area contributed by atoms with E-state index in [0.717, 1.165) is 4.47 Å². The lowest BCUT2D eigenvalue weighted by Gasteiger charge is -2.07. The summed E-state index contributed by atoms with van der Waals surface area (Å²) < 4.78 is 26.2. The Morgan fingerprint density at radius 2 is 1.94 bits per heavy atom. The summed E-state index contributed by atoms with van der Waals surface area (Å²) in [6.45, 7) is -0.421. The Labute approximate surface area is 113 Å². The van der Waals surface area contributed by atoms with Crippen molar-refractivity contribution in [2.75, 3.05) is 12.4 Å². The smallest absolute Gasteiger partial charge is 0.232 e. The molecule has 0 saturated heterocycles. The topological polar surface area (TPSA) is 72.2 Å². The summed E-state index contributed by atoms with van der Waals surface area (Å²) in [5.74, 6) is -0.333. The summed E-state index contributed by atoms with van der Waals surface area (Å²) in [6, 6.07) is 7.20. The van der Waals surface area contributed by atoms with E-state index in [-0.39, 0.29) is 10.9 Å². The van der Waals surface area contributed by atoms with Gasteiger partial charge in [-0.3, -0.25) is 4.57 Å². The van der Waals surface area contributed by atoms with Crippen molar-refractivity contribution >= 4 is 25.8 Å². The van der Waals surface area contributed by atoms with Crippen molar-refractivity contribution in [1.82, 2.24) is 9.55 Å². The minimum absolute atomic E-state index is 0.0566. The number of imidazole rings is 1. The van der Waals surface area contributed by atoms with Gasteiger partial charge >= 0.3 is 0 Å². The van der Waals surface area contributed by atoms with Gasteiger partial charge in [-0.25, -0.2) is 13.4 Å². The monoisotopic (exact) mass is 330 g/mol. The first-order chi connectivity index (χ1) is 8.54. The maximum absolute atomic E-state index is 11.9. The Morgan fingerprint density at radius 1 is 1.28 bits per heavy atom. The van der Waals surface area contributed by atoms with Gasteiger partial charge in [0, 0.05) is 22.6 Å². The van der Waals surface area contributed by atoms with Crippen molar-refractivity contribution in [3.05, 3.63) is 41.1 Å². The van der Waals surface area contributed by atoms with Crippen LogP contribution in [-0.2, 0) is 9.84 Å². The Hall–Kier alpha value is -1.18. The first kappa shape index (κ1) is 13.3. The molecule has 7 heteroatoms. The summed E-state index contributed by atoms with van der Waals surface area (Å²) in [5, 5.41) is 8.72. The van der Waals surface area contributed by atoms with Gasteiger partial charge in [0.25, 0.3) is 0 Å². The largest absolute Gasteiger partial charge is 0.395 e. The van der Waals surface area contributed by atoms with Gasteiger partial charge in [-0.2, -0.15) is 0 Å². The number of sulfone groups is 1. The van der Waals surface area contributed by atoms with E-state index >= 15 is 0 Å². The zero-order valence-corrected chi connectivity index (χ0v) is 11.7. The van der Waals surface area contributed by atoms with Crippen LogP contribution in [0, 0.1) is 0 Å². The minimum atomic E-state index is -3.57. The molecule has 5 nitrogen and oxygen atoms in total. The number of halogens is 1. The third kappa shape index (κ3) is 2.63. The van der Waals surface area contributed by atoms with Crippen LogP contribution in [0.25, 0.3) is 5.69 Å². The van der Waals surface area contributed by atoms with E-state index in [1.54, 1.807) is 18.3 Å². The second-order valence-electron chi connectivity index (χ2n) is 3.60. The Morgan fingerprint density at radius 3 is 2.56 bits per heavy atom. The van der Waals surface area contributed by atoms with Crippen LogP contribution in [-0.4, -0.2) is 35.4 Å². The molecule has 18 heavy (non-hydrogen) atoms. The van der Waals surface area contributed by atoms with E-state index in [0.29, 0.717) is 5.69 Å². The molecule has 0 aliphatic heterocycles. The van der Waals surface area contributed by atoms with Gasteiger partial charge in [0.15, 0.2) is 0 Å². The van der Waals surface area contributed by atoms with E-state index in [9.17, 15) is 8.42 Å². The van der Waals surface area contributed by atoms with Crippen LogP contribution in [0.2, 0.25) is 0 Å². The van der Waals surface area contributed by atoms with Gasteiger partial charge in [0.1, 0.15) is 0 Å². The third-order valence-electron chi connectivity index (χ3n) is 2.35. The van der Waals surface area contributed by atoms with Gasteiger partial charge in [-0.1, -0.05) is 15.9 Å². The quantitative estimate of drug-likeness (QED) is 0.919. The van der Waals surface area contributed by atoms with Crippen LogP contribution in [0.1, 0.15) is 0 Å². The zero-order valence-electron chi connectivity index (χ0n) is 9.32. The third-order valence-corrected chi connectivity index (χ3v) is 4.46. The van der Waals surface area contributed by atoms with E-state index in [4.69, 9.17) is 5.11 Å².